The van der Waals surface area contributed by atoms with Crippen LogP contribution in [0.3, 0.4) is 0 Å². The van der Waals surface area contributed by atoms with Crippen LogP contribution in [0.15, 0.2) is 66.1 Å². The maximum Gasteiger partial charge on any atom is 0.347 e. The zero-order chi connectivity index (χ0) is 18.5. The number of anilines is 1. The number of Topliss-reactive ketones (excluding diaryl/α,β-unsaturated/α-hetero) is 2. The Labute approximate surface area is 148 Å². The van der Waals surface area contributed by atoms with Crippen LogP contribution in [0.4, 0.5) is 10.1 Å². The zero-order valence-corrected chi connectivity index (χ0v) is 13.5. The third-order valence-electron chi connectivity index (χ3n) is 3.57. The second kappa shape index (κ2) is 7.60. The van der Waals surface area contributed by atoms with Gasteiger partial charge in [0.2, 0.25) is 11.7 Å². The van der Waals surface area contributed by atoms with Crippen molar-refractivity contribution in [3.8, 4) is 0 Å². The van der Waals surface area contributed by atoms with Gasteiger partial charge < -0.3 is 14.8 Å². The Hall–Kier alpha value is -3.48. The van der Waals surface area contributed by atoms with E-state index in [1.54, 1.807) is 24.3 Å². The molecular weight excluding hydrogens is 341 g/mol. The molecule has 0 amide bonds. The molecule has 132 valence electrons. The summed E-state index contributed by atoms with van der Waals surface area (Å²) in [7, 11) is 0. The molecule has 0 fully saturated rings. The van der Waals surface area contributed by atoms with Gasteiger partial charge in [-0.25, -0.2) is 9.18 Å². The first-order valence-corrected chi connectivity index (χ1v) is 7.73. The van der Waals surface area contributed by atoms with Crippen LogP contribution in [0, 0.1) is 5.82 Å². The highest BCUT2D eigenvalue weighted by Crippen LogP contribution is 2.20. The molecule has 0 atom stereocenters. The Balaban J connectivity index is 1.69. The molecule has 0 bridgehead atoms. The maximum absolute atomic E-state index is 13.1. The first-order valence-electron chi connectivity index (χ1n) is 7.73. The van der Waals surface area contributed by atoms with Crippen LogP contribution in [-0.2, 0) is 19.1 Å². The molecule has 0 saturated heterocycles. The lowest BCUT2D eigenvalue weighted by atomic mass is 10.1. The van der Waals surface area contributed by atoms with Crippen molar-refractivity contribution in [3.05, 3.63) is 77.4 Å². The topological polar surface area (TPSA) is 81.7 Å². The average molecular weight is 355 g/mol. The van der Waals surface area contributed by atoms with Gasteiger partial charge in [0.05, 0.1) is 0 Å². The monoisotopic (exact) mass is 355 g/mol. The van der Waals surface area contributed by atoms with Gasteiger partial charge in [-0.2, -0.15) is 0 Å². The summed E-state index contributed by atoms with van der Waals surface area (Å²) in [6.07, 6.45) is 0. The summed E-state index contributed by atoms with van der Waals surface area (Å²) < 4.78 is 23.2. The van der Waals surface area contributed by atoms with Crippen LogP contribution in [0.25, 0.3) is 0 Å². The van der Waals surface area contributed by atoms with Gasteiger partial charge in [0.1, 0.15) is 5.82 Å². The molecule has 7 heteroatoms. The first-order chi connectivity index (χ1) is 12.5. The standard InChI is InChI=1S/C19H14FNO5/c20-13-6-4-5-12(9-13)15(22)10-26-19(24)17-16(23)11-25-18(17)21-14-7-2-1-3-8-14/h1-9,21H,10-11H2. The molecule has 3 rings (SSSR count). The van der Waals surface area contributed by atoms with Crippen molar-refractivity contribution in [1.82, 2.24) is 0 Å². The number of carbonyl (C=O) groups is 3. The van der Waals surface area contributed by atoms with E-state index in [9.17, 15) is 18.8 Å². The van der Waals surface area contributed by atoms with Gasteiger partial charge in [0, 0.05) is 11.3 Å². The quantitative estimate of drug-likeness (QED) is 0.487. The lowest BCUT2D eigenvalue weighted by Crippen LogP contribution is -2.20. The summed E-state index contributed by atoms with van der Waals surface area (Å²) in [5.74, 6) is -2.70. The van der Waals surface area contributed by atoms with E-state index in [0.717, 1.165) is 6.07 Å². The number of hydrogen-bond acceptors (Lipinski definition) is 6. The van der Waals surface area contributed by atoms with E-state index in [1.807, 2.05) is 6.07 Å². The summed E-state index contributed by atoms with van der Waals surface area (Å²) in [6.45, 7) is -0.908. The number of benzene rings is 2. The molecule has 1 aliphatic heterocycles. The van der Waals surface area contributed by atoms with Crippen molar-refractivity contribution in [2.45, 2.75) is 0 Å². The summed E-state index contributed by atoms with van der Waals surface area (Å²) >= 11 is 0. The minimum absolute atomic E-state index is 0.0237. The second-order valence-electron chi connectivity index (χ2n) is 5.42. The van der Waals surface area contributed by atoms with Gasteiger partial charge in [-0.3, -0.25) is 9.59 Å². The molecule has 6 nitrogen and oxygen atoms in total. The largest absolute Gasteiger partial charge is 0.470 e. The van der Waals surface area contributed by atoms with Crippen LogP contribution >= 0.6 is 0 Å². The zero-order valence-electron chi connectivity index (χ0n) is 13.5. The Morgan fingerprint density at radius 3 is 2.62 bits per heavy atom. The smallest absolute Gasteiger partial charge is 0.347 e. The van der Waals surface area contributed by atoms with E-state index in [4.69, 9.17) is 9.47 Å². The van der Waals surface area contributed by atoms with E-state index >= 15 is 0 Å². The lowest BCUT2D eigenvalue weighted by molar-refractivity contribution is -0.139. The van der Waals surface area contributed by atoms with E-state index in [-0.39, 0.29) is 23.6 Å². The van der Waals surface area contributed by atoms with Crippen molar-refractivity contribution < 1.29 is 28.2 Å². The number of ketones is 2. The fraction of sp³-hybridized carbons (Fsp3) is 0.105. The molecule has 0 spiro atoms. The van der Waals surface area contributed by atoms with E-state index in [1.165, 1.54) is 18.2 Å². The average Bonchev–Trinajstić information content (AvgIpc) is 3.00. The van der Waals surface area contributed by atoms with E-state index < -0.39 is 30.0 Å². The van der Waals surface area contributed by atoms with Gasteiger partial charge in [0.25, 0.3) is 0 Å². The van der Waals surface area contributed by atoms with Gasteiger partial charge >= 0.3 is 5.97 Å². The van der Waals surface area contributed by atoms with Gasteiger partial charge in [-0.15, -0.1) is 0 Å². The van der Waals surface area contributed by atoms with Crippen LogP contribution in [-0.4, -0.2) is 30.7 Å². The van der Waals surface area contributed by atoms with Crippen LogP contribution in [0.5, 0.6) is 0 Å². The Morgan fingerprint density at radius 2 is 1.88 bits per heavy atom. The normalized spacial score (nSPS) is 13.3. The third-order valence-corrected chi connectivity index (χ3v) is 3.57. The van der Waals surface area contributed by atoms with Crippen molar-refractivity contribution in [1.29, 1.82) is 0 Å². The summed E-state index contributed by atoms with van der Waals surface area (Å²) in [5.41, 5.74) is 0.405. The fourth-order valence-electron chi connectivity index (χ4n) is 2.31. The minimum Gasteiger partial charge on any atom is -0.470 e. The Morgan fingerprint density at radius 1 is 1.12 bits per heavy atom. The molecule has 26 heavy (non-hydrogen) atoms. The molecule has 1 aliphatic rings. The van der Waals surface area contributed by atoms with Crippen LogP contribution in [0.1, 0.15) is 10.4 Å². The molecule has 2 aromatic rings. The lowest BCUT2D eigenvalue weighted by Gasteiger charge is -2.08. The molecule has 0 radical (unpaired) electrons. The van der Waals surface area contributed by atoms with Gasteiger partial charge in [-0.05, 0) is 24.3 Å². The minimum atomic E-state index is -0.976. The number of halogens is 1. The molecule has 2 aromatic carbocycles. The fourth-order valence-corrected chi connectivity index (χ4v) is 2.31. The van der Waals surface area contributed by atoms with Crippen molar-refractivity contribution in [2.24, 2.45) is 0 Å². The molecule has 0 saturated carbocycles. The van der Waals surface area contributed by atoms with Gasteiger partial charge in [0.15, 0.2) is 24.6 Å². The van der Waals surface area contributed by atoms with Crippen LogP contribution < -0.4 is 5.32 Å². The van der Waals surface area contributed by atoms with Crippen molar-refractivity contribution >= 4 is 23.2 Å². The number of esters is 1. The maximum atomic E-state index is 13.1. The number of hydrogen-bond donors (Lipinski definition) is 1. The summed E-state index contributed by atoms with van der Waals surface area (Å²) in [4.78, 5) is 36.1. The first kappa shape index (κ1) is 17.3. The summed E-state index contributed by atoms with van der Waals surface area (Å²) in [5, 5.41) is 2.83. The number of ether oxygens (including phenoxy) is 2. The third kappa shape index (κ3) is 3.94. The van der Waals surface area contributed by atoms with Gasteiger partial charge in [-0.1, -0.05) is 30.3 Å². The van der Waals surface area contributed by atoms with E-state index in [0.29, 0.717) is 5.69 Å². The molecule has 0 aromatic heterocycles. The van der Waals surface area contributed by atoms with Crippen molar-refractivity contribution in [2.75, 3.05) is 18.5 Å². The number of para-hydroxylation sites is 1. The molecule has 0 unspecified atom stereocenters. The number of nitrogens with one attached hydrogen (secondary N) is 1. The Kier molecular flexibility index (Phi) is 5.07. The van der Waals surface area contributed by atoms with Crippen molar-refractivity contribution in [3.63, 3.8) is 0 Å². The highest BCUT2D eigenvalue weighted by molar-refractivity contribution is 6.20. The molecule has 0 aliphatic carbocycles. The summed E-state index contributed by atoms with van der Waals surface area (Å²) in [6, 6.07) is 13.8. The highest BCUT2D eigenvalue weighted by Gasteiger charge is 2.32. The predicted molar refractivity (Wildman–Crippen MR) is 89.7 cm³/mol. The van der Waals surface area contributed by atoms with Crippen LogP contribution in [0.2, 0.25) is 0 Å². The number of carbonyl (C=O) groups excluding carboxylic acids is 3. The van der Waals surface area contributed by atoms with E-state index in [2.05, 4.69) is 5.32 Å². The SMILES string of the molecule is O=C1COC(Nc2ccccc2)=C1C(=O)OCC(=O)c1cccc(F)c1. The molecule has 1 N–H and O–H groups in total. The predicted octanol–water partition coefficient (Wildman–Crippen LogP) is 2.47. The second-order valence-corrected chi connectivity index (χ2v) is 5.42. The molecule has 1 heterocycles. The molecular formula is C19H14FNO5. The Bertz CT molecular complexity index is 892. The highest BCUT2D eigenvalue weighted by atomic mass is 19.1. The number of rotatable bonds is 6.